The summed E-state index contributed by atoms with van der Waals surface area (Å²) in [7, 11) is 0. The van der Waals surface area contributed by atoms with E-state index in [1.165, 1.54) is 0 Å². The Bertz CT molecular complexity index is 327. The average molecular weight is 235 g/mol. The molecule has 0 aliphatic heterocycles. The lowest BCUT2D eigenvalue weighted by Gasteiger charge is -2.12. The zero-order valence-electron chi connectivity index (χ0n) is 10.6. The minimum atomic E-state index is 0.0428. The molecule has 1 aromatic rings. The first-order chi connectivity index (χ1) is 8.24. The van der Waals surface area contributed by atoms with Gasteiger partial charge in [0, 0.05) is 18.8 Å². The molecule has 0 aliphatic rings. The van der Waals surface area contributed by atoms with Crippen LogP contribution < -0.4 is 10.6 Å². The molecular formula is C13H21N3O. The first-order valence-corrected chi connectivity index (χ1v) is 6.15. The topological polar surface area (TPSA) is 54.0 Å². The van der Waals surface area contributed by atoms with E-state index in [-0.39, 0.29) is 11.9 Å². The number of aromatic nitrogens is 1. The van der Waals surface area contributed by atoms with Crippen LogP contribution in [0.5, 0.6) is 0 Å². The van der Waals surface area contributed by atoms with Crippen LogP contribution >= 0.6 is 0 Å². The van der Waals surface area contributed by atoms with E-state index < -0.39 is 0 Å². The van der Waals surface area contributed by atoms with E-state index >= 15 is 0 Å². The number of unbranched alkanes of at least 4 members (excludes halogenated alkanes) is 1. The van der Waals surface area contributed by atoms with Crippen LogP contribution in [0.2, 0.25) is 0 Å². The molecule has 0 radical (unpaired) electrons. The molecule has 17 heavy (non-hydrogen) atoms. The molecule has 0 saturated heterocycles. The third kappa shape index (κ3) is 5.45. The summed E-state index contributed by atoms with van der Waals surface area (Å²) in [4.78, 5) is 15.7. The number of rotatable bonds is 7. The number of carbonyl (C=O) groups is 1. The van der Waals surface area contributed by atoms with Gasteiger partial charge in [-0.05, 0) is 25.5 Å². The summed E-state index contributed by atoms with van der Waals surface area (Å²) in [5.41, 5.74) is 0.953. The van der Waals surface area contributed by atoms with E-state index in [2.05, 4.69) is 22.5 Å². The molecule has 0 saturated carbocycles. The molecule has 4 heteroatoms. The summed E-state index contributed by atoms with van der Waals surface area (Å²) in [5, 5.41) is 6.02. The maximum Gasteiger partial charge on any atom is 0.233 e. The first kappa shape index (κ1) is 13.6. The van der Waals surface area contributed by atoms with Gasteiger partial charge in [0.15, 0.2) is 0 Å². The fourth-order valence-electron chi connectivity index (χ4n) is 1.45. The molecule has 0 spiro atoms. The van der Waals surface area contributed by atoms with Crippen molar-refractivity contribution in [3.05, 3.63) is 30.1 Å². The number of hydrogen-bond acceptors (Lipinski definition) is 3. The van der Waals surface area contributed by atoms with E-state index in [9.17, 15) is 4.79 Å². The van der Waals surface area contributed by atoms with Crippen molar-refractivity contribution in [2.24, 2.45) is 0 Å². The lowest BCUT2D eigenvalue weighted by atomic mass is 10.2. The Hall–Kier alpha value is -1.42. The van der Waals surface area contributed by atoms with Crippen LogP contribution in [0.4, 0.5) is 0 Å². The van der Waals surface area contributed by atoms with Gasteiger partial charge in [-0.25, -0.2) is 0 Å². The molecule has 1 rings (SSSR count). The highest BCUT2D eigenvalue weighted by Crippen LogP contribution is 2.06. The number of nitrogens with zero attached hydrogens (tertiary/aromatic N) is 1. The highest BCUT2D eigenvalue weighted by Gasteiger charge is 2.07. The smallest absolute Gasteiger partial charge is 0.233 e. The molecule has 94 valence electrons. The maximum absolute atomic E-state index is 11.5. The Morgan fingerprint density at radius 1 is 1.47 bits per heavy atom. The number of hydrogen-bond donors (Lipinski definition) is 2. The monoisotopic (exact) mass is 235 g/mol. The van der Waals surface area contributed by atoms with Crippen molar-refractivity contribution < 1.29 is 4.79 Å². The fourth-order valence-corrected chi connectivity index (χ4v) is 1.45. The molecule has 0 unspecified atom stereocenters. The second-order valence-electron chi connectivity index (χ2n) is 4.06. The van der Waals surface area contributed by atoms with Crippen molar-refractivity contribution in [3.63, 3.8) is 0 Å². The highest BCUT2D eigenvalue weighted by atomic mass is 16.1. The summed E-state index contributed by atoms with van der Waals surface area (Å²) in [6.45, 7) is 5.20. The summed E-state index contributed by atoms with van der Waals surface area (Å²) in [6.07, 6.45) is 3.88. The molecule has 1 amide bonds. The third-order valence-electron chi connectivity index (χ3n) is 2.55. The van der Waals surface area contributed by atoms with Crippen LogP contribution in [0.25, 0.3) is 0 Å². The first-order valence-electron chi connectivity index (χ1n) is 6.15. The lowest BCUT2D eigenvalue weighted by Crippen LogP contribution is -2.35. The molecule has 1 aromatic heterocycles. The van der Waals surface area contributed by atoms with Crippen molar-refractivity contribution in [3.8, 4) is 0 Å². The van der Waals surface area contributed by atoms with E-state index in [0.29, 0.717) is 6.54 Å². The van der Waals surface area contributed by atoms with Crippen molar-refractivity contribution >= 4 is 5.91 Å². The van der Waals surface area contributed by atoms with Gasteiger partial charge in [0.25, 0.3) is 0 Å². The van der Waals surface area contributed by atoms with Crippen molar-refractivity contribution in [2.75, 3.05) is 13.1 Å². The second-order valence-corrected chi connectivity index (χ2v) is 4.06. The van der Waals surface area contributed by atoms with Gasteiger partial charge in [-0.1, -0.05) is 19.4 Å². The van der Waals surface area contributed by atoms with E-state index in [4.69, 9.17) is 0 Å². The number of carbonyl (C=O) groups excluding carboxylic acids is 1. The van der Waals surface area contributed by atoms with Crippen molar-refractivity contribution in [1.82, 2.24) is 15.6 Å². The predicted octanol–water partition coefficient (Wildman–Crippen LogP) is 1.65. The summed E-state index contributed by atoms with van der Waals surface area (Å²) in [5.74, 6) is 0.0428. The number of nitrogens with one attached hydrogen (secondary N) is 2. The third-order valence-corrected chi connectivity index (χ3v) is 2.55. The Morgan fingerprint density at radius 2 is 2.29 bits per heavy atom. The largest absolute Gasteiger partial charge is 0.355 e. The van der Waals surface area contributed by atoms with Crippen LogP contribution in [-0.4, -0.2) is 24.0 Å². The lowest BCUT2D eigenvalue weighted by molar-refractivity contribution is -0.120. The van der Waals surface area contributed by atoms with Gasteiger partial charge >= 0.3 is 0 Å². The molecule has 4 nitrogen and oxygen atoms in total. The predicted molar refractivity (Wildman–Crippen MR) is 68.6 cm³/mol. The van der Waals surface area contributed by atoms with Gasteiger partial charge in [-0.3, -0.25) is 9.78 Å². The second kappa shape index (κ2) is 7.79. The van der Waals surface area contributed by atoms with Gasteiger partial charge in [-0.15, -0.1) is 0 Å². The molecule has 0 bridgehead atoms. The van der Waals surface area contributed by atoms with Crippen LogP contribution in [0.3, 0.4) is 0 Å². The minimum Gasteiger partial charge on any atom is -0.355 e. The van der Waals surface area contributed by atoms with Crippen LogP contribution in [0.1, 0.15) is 38.4 Å². The Labute approximate surface area is 103 Å². The van der Waals surface area contributed by atoms with E-state index in [0.717, 1.165) is 25.1 Å². The molecular weight excluding hydrogens is 214 g/mol. The zero-order valence-corrected chi connectivity index (χ0v) is 10.6. The number of pyridine rings is 1. The minimum absolute atomic E-state index is 0.0428. The van der Waals surface area contributed by atoms with Crippen LogP contribution in [-0.2, 0) is 4.79 Å². The Kier molecular flexibility index (Phi) is 6.25. The van der Waals surface area contributed by atoms with Gasteiger partial charge in [-0.2, -0.15) is 0 Å². The highest BCUT2D eigenvalue weighted by molar-refractivity contribution is 5.77. The van der Waals surface area contributed by atoms with Crippen LogP contribution in [0, 0.1) is 0 Å². The number of amides is 1. The molecule has 0 fully saturated rings. The van der Waals surface area contributed by atoms with Crippen molar-refractivity contribution in [2.45, 2.75) is 32.7 Å². The SMILES string of the molecule is CCCCNC(=O)CN[C@@H](C)c1ccccn1. The molecule has 0 aliphatic carbocycles. The quantitative estimate of drug-likeness (QED) is 0.707. The Balaban J connectivity index is 2.24. The normalized spacial score (nSPS) is 12.1. The van der Waals surface area contributed by atoms with E-state index in [1.54, 1.807) is 6.20 Å². The molecule has 1 atom stereocenters. The van der Waals surface area contributed by atoms with Gasteiger partial charge < -0.3 is 10.6 Å². The average Bonchev–Trinajstić information content (AvgIpc) is 2.37. The van der Waals surface area contributed by atoms with E-state index in [1.807, 2.05) is 25.1 Å². The summed E-state index contributed by atoms with van der Waals surface area (Å²) >= 11 is 0. The summed E-state index contributed by atoms with van der Waals surface area (Å²) < 4.78 is 0. The Morgan fingerprint density at radius 3 is 2.94 bits per heavy atom. The van der Waals surface area contributed by atoms with Crippen LogP contribution in [0.15, 0.2) is 24.4 Å². The molecule has 0 aromatic carbocycles. The summed E-state index contributed by atoms with van der Waals surface area (Å²) in [6, 6.07) is 5.87. The molecule has 1 heterocycles. The molecule has 2 N–H and O–H groups in total. The van der Waals surface area contributed by atoms with Crippen molar-refractivity contribution in [1.29, 1.82) is 0 Å². The zero-order chi connectivity index (χ0) is 12.5. The van der Waals surface area contributed by atoms with Gasteiger partial charge in [0.1, 0.15) is 0 Å². The maximum atomic E-state index is 11.5. The van der Waals surface area contributed by atoms with Gasteiger partial charge in [0.05, 0.1) is 12.2 Å². The van der Waals surface area contributed by atoms with Gasteiger partial charge in [0.2, 0.25) is 5.91 Å². The fraction of sp³-hybridized carbons (Fsp3) is 0.538. The standard InChI is InChI=1S/C13H21N3O/c1-3-4-8-15-13(17)10-16-11(2)12-7-5-6-9-14-12/h5-7,9,11,16H,3-4,8,10H2,1-2H3,(H,15,17)/t11-/m0/s1.